The van der Waals surface area contributed by atoms with Gasteiger partial charge in [0.1, 0.15) is 0 Å². The maximum Gasteiger partial charge on any atom is 0.195 e. The van der Waals surface area contributed by atoms with Gasteiger partial charge in [-0.1, -0.05) is 62.4 Å². The lowest BCUT2D eigenvalue weighted by molar-refractivity contribution is 0.515. The Labute approximate surface area is 163 Å². The largest absolute Gasteiger partial charge is 0.300 e. The number of benzene rings is 2. The highest BCUT2D eigenvalue weighted by atomic mass is 32.1. The first-order valence-corrected chi connectivity index (χ1v) is 9.65. The monoisotopic (exact) mass is 374 g/mol. The fourth-order valence-electron chi connectivity index (χ4n) is 3.24. The minimum Gasteiger partial charge on any atom is -0.300 e. The second-order valence-electron chi connectivity index (χ2n) is 7.12. The van der Waals surface area contributed by atoms with Gasteiger partial charge in [-0.15, -0.1) is 0 Å². The molecule has 136 valence electrons. The highest BCUT2D eigenvalue weighted by Crippen LogP contribution is 2.31. The summed E-state index contributed by atoms with van der Waals surface area (Å²) >= 11 is 5.50. The average Bonchev–Trinajstić information content (AvgIpc) is 3.06. The van der Waals surface area contributed by atoms with Crippen molar-refractivity contribution >= 4 is 23.1 Å². The minimum atomic E-state index is 0.601. The van der Waals surface area contributed by atoms with Crippen molar-refractivity contribution in [3.05, 3.63) is 65.4 Å². The molecule has 2 aromatic carbocycles. The third-order valence-corrected chi connectivity index (χ3v) is 5.03. The molecule has 0 aliphatic carbocycles. The Kier molecular flexibility index (Phi) is 4.86. The molecule has 0 aliphatic rings. The third kappa shape index (κ3) is 3.55. The van der Waals surface area contributed by atoms with Crippen molar-refractivity contribution in [3.63, 3.8) is 0 Å². The molecule has 27 heavy (non-hydrogen) atoms. The molecule has 0 amide bonds. The third-order valence-electron chi connectivity index (χ3n) is 4.71. The van der Waals surface area contributed by atoms with E-state index in [9.17, 15) is 0 Å². The molecule has 2 aromatic heterocycles. The Morgan fingerprint density at radius 3 is 2.56 bits per heavy atom. The van der Waals surface area contributed by atoms with Gasteiger partial charge in [-0.3, -0.25) is 5.10 Å². The summed E-state index contributed by atoms with van der Waals surface area (Å²) in [4.78, 5) is 4.87. The quantitative estimate of drug-likeness (QED) is 0.444. The Morgan fingerprint density at radius 2 is 1.78 bits per heavy atom. The van der Waals surface area contributed by atoms with Crippen LogP contribution in [-0.2, 0) is 6.54 Å². The van der Waals surface area contributed by atoms with Gasteiger partial charge in [0.25, 0.3) is 0 Å². The molecule has 0 atom stereocenters. The van der Waals surface area contributed by atoms with E-state index in [1.807, 2.05) is 36.4 Å². The molecule has 0 spiro atoms. The Morgan fingerprint density at radius 1 is 1.04 bits per heavy atom. The molecule has 1 N–H and O–H groups in total. The highest BCUT2D eigenvalue weighted by Gasteiger charge is 2.15. The molecule has 0 fully saturated rings. The van der Waals surface area contributed by atoms with Crippen LogP contribution in [0.25, 0.3) is 33.5 Å². The first kappa shape index (κ1) is 17.6. The van der Waals surface area contributed by atoms with Crippen molar-refractivity contribution < 1.29 is 0 Å². The number of H-pyrrole nitrogens is 1. The summed E-state index contributed by atoms with van der Waals surface area (Å²) in [5.74, 6) is 1.47. The normalized spacial score (nSPS) is 11.4. The van der Waals surface area contributed by atoms with Gasteiger partial charge < -0.3 is 4.57 Å². The van der Waals surface area contributed by atoms with Crippen LogP contribution >= 0.6 is 12.2 Å². The second kappa shape index (κ2) is 7.45. The van der Waals surface area contributed by atoms with Crippen molar-refractivity contribution in [2.75, 3.05) is 0 Å². The minimum absolute atomic E-state index is 0.601. The number of aromatic nitrogens is 4. The van der Waals surface area contributed by atoms with Crippen LogP contribution in [0.2, 0.25) is 0 Å². The molecule has 4 aromatic rings. The summed E-state index contributed by atoms with van der Waals surface area (Å²) in [6, 6.07) is 20.6. The van der Waals surface area contributed by atoms with E-state index in [-0.39, 0.29) is 0 Å². The molecule has 0 radical (unpaired) electrons. The van der Waals surface area contributed by atoms with Gasteiger partial charge in [-0.25, -0.2) is 4.98 Å². The predicted molar refractivity (Wildman–Crippen MR) is 113 cm³/mol. The molecule has 4 rings (SSSR count). The van der Waals surface area contributed by atoms with E-state index < -0.39 is 0 Å². The van der Waals surface area contributed by atoms with Crippen LogP contribution in [0, 0.1) is 10.7 Å². The molecular weight excluding hydrogens is 352 g/mol. The average molecular weight is 375 g/mol. The van der Waals surface area contributed by atoms with Gasteiger partial charge in [0.05, 0.1) is 11.2 Å². The number of nitrogens with zero attached hydrogens (tertiary/aromatic N) is 3. The van der Waals surface area contributed by atoms with Crippen LogP contribution < -0.4 is 0 Å². The van der Waals surface area contributed by atoms with Crippen LogP contribution in [0.5, 0.6) is 0 Å². The molecular formula is C22H22N4S. The summed E-state index contributed by atoms with van der Waals surface area (Å²) < 4.78 is 2.76. The maximum absolute atomic E-state index is 5.50. The van der Waals surface area contributed by atoms with Gasteiger partial charge >= 0.3 is 0 Å². The van der Waals surface area contributed by atoms with Gasteiger partial charge in [0.15, 0.2) is 10.6 Å². The zero-order valence-corrected chi connectivity index (χ0v) is 16.3. The molecule has 0 saturated carbocycles. The molecule has 2 heterocycles. The van der Waals surface area contributed by atoms with Crippen LogP contribution in [0.4, 0.5) is 0 Å². The SMILES string of the molecule is CC(C)CCn1c(-c2cc(-c3ccccc3)nc3ccccc23)n[nH]c1=S. The van der Waals surface area contributed by atoms with Gasteiger partial charge in [-0.2, -0.15) is 5.10 Å². The lowest BCUT2D eigenvalue weighted by atomic mass is 10.0. The lowest BCUT2D eigenvalue weighted by Gasteiger charge is -2.12. The second-order valence-corrected chi connectivity index (χ2v) is 7.51. The van der Waals surface area contributed by atoms with Crippen LogP contribution in [0.1, 0.15) is 20.3 Å². The molecule has 0 bridgehead atoms. The molecule has 0 saturated heterocycles. The summed E-state index contributed by atoms with van der Waals surface area (Å²) in [5, 5.41) is 8.63. The summed E-state index contributed by atoms with van der Waals surface area (Å²) in [6.07, 6.45) is 1.05. The number of aromatic amines is 1. The first-order chi connectivity index (χ1) is 13.1. The summed E-state index contributed by atoms with van der Waals surface area (Å²) in [5.41, 5.74) is 4.04. The van der Waals surface area contributed by atoms with Crippen LogP contribution in [-0.4, -0.2) is 19.7 Å². The molecule has 0 aliphatic heterocycles. The van der Waals surface area contributed by atoms with Gasteiger partial charge in [0.2, 0.25) is 0 Å². The van der Waals surface area contributed by atoms with Crippen molar-refractivity contribution in [1.82, 2.24) is 19.7 Å². The van der Waals surface area contributed by atoms with E-state index in [1.54, 1.807) is 0 Å². The zero-order valence-electron chi connectivity index (χ0n) is 15.5. The topological polar surface area (TPSA) is 46.5 Å². The van der Waals surface area contributed by atoms with Gasteiger partial charge in [0, 0.05) is 23.1 Å². The Hall–Kier alpha value is -2.79. The number of pyridine rings is 1. The fraction of sp³-hybridized carbons (Fsp3) is 0.227. The van der Waals surface area contributed by atoms with E-state index in [2.05, 4.69) is 52.9 Å². The van der Waals surface area contributed by atoms with Crippen molar-refractivity contribution in [1.29, 1.82) is 0 Å². The zero-order chi connectivity index (χ0) is 18.8. The number of rotatable bonds is 5. The predicted octanol–water partition coefficient (Wildman–Crippen LogP) is 5.87. The van der Waals surface area contributed by atoms with E-state index in [1.165, 1.54) is 0 Å². The first-order valence-electron chi connectivity index (χ1n) is 9.24. The van der Waals surface area contributed by atoms with E-state index >= 15 is 0 Å². The van der Waals surface area contributed by atoms with Crippen molar-refractivity contribution in [2.24, 2.45) is 5.92 Å². The standard InChI is InChI=1S/C22H22N4S/c1-15(2)12-13-26-21(24-25-22(26)27)18-14-20(16-8-4-3-5-9-16)23-19-11-7-6-10-17(18)19/h3-11,14-15H,12-13H2,1-2H3,(H,25,27). The van der Waals surface area contributed by atoms with E-state index in [0.717, 1.165) is 46.5 Å². The fourth-order valence-corrected chi connectivity index (χ4v) is 3.46. The summed E-state index contributed by atoms with van der Waals surface area (Å²) in [7, 11) is 0. The lowest BCUT2D eigenvalue weighted by Crippen LogP contribution is -2.04. The highest BCUT2D eigenvalue weighted by molar-refractivity contribution is 7.71. The number of hydrogen-bond acceptors (Lipinski definition) is 3. The molecule has 5 heteroatoms. The number of hydrogen-bond donors (Lipinski definition) is 1. The number of fused-ring (bicyclic) bond motifs is 1. The Bertz CT molecular complexity index is 1130. The molecule has 0 unspecified atom stereocenters. The van der Waals surface area contributed by atoms with Crippen LogP contribution in [0.3, 0.4) is 0 Å². The van der Waals surface area contributed by atoms with Crippen molar-refractivity contribution in [3.8, 4) is 22.6 Å². The van der Waals surface area contributed by atoms with E-state index in [0.29, 0.717) is 10.7 Å². The molecule has 4 nitrogen and oxygen atoms in total. The number of para-hydroxylation sites is 1. The van der Waals surface area contributed by atoms with Crippen molar-refractivity contribution in [2.45, 2.75) is 26.8 Å². The smallest absolute Gasteiger partial charge is 0.195 e. The summed E-state index contributed by atoms with van der Waals surface area (Å²) in [6.45, 7) is 5.29. The van der Waals surface area contributed by atoms with Gasteiger partial charge in [-0.05, 0) is 36.7 Å². The van der Waals surface area contributed by atoms with Crippen LogP contribution in [0.15, 0.2) is 60.7 Å². The number of nitrogens with one attached hydrogen (secondary N) is 1. The van der Waals surface area contributed by atoms with E-state index in [4.69, 9.17) is 17.2 Å². The Balaban J connectivity index is 1.93. The maximum atomic E-state index is 5.50.